The number of rotatable bonds is 8. The second kappa shape index (κ2) is 8.39. The largest absolute Gasteiger partial charge is 0.492 e. The Labute approximate surface area is 116 Å². The molecule has 0 amide bonds. The predicted molar refractivity (Wildman–Crippen MR) is 78.6 cm³/mol. The van der Waals surface area contributed by atoms with Crippen LogP contribution >= 0.6 is 11.6 Å². The molecule has 0 aliphatic rings. The standard InChI is InChI=1S/C15H24ClNO/c1-12(2)5-4-8-17-9-10-18-15-11-14(16)7-6-13(15)3/h6-7,11-12,17H,4-5,8-10H2,1-3H3. The molecule has 0 fully saturated rings. The van der Waals surface area contributed by atoms with Crippen molar-refractivity contribution in [1.82, 2.24) is 5.32 Å². The lowest BCUT2D eigenvalue weighted by Gasteiger charge is -2.10. The smallest absolute Gasteiger partial charge is 0.123 e. The van der Waals surface area contributed by atoms with Crippen molar-refractivity contribution in [2.75, 3.05) is 19.7 Å². The van der Waals surface area contributed by atoms with Crippen molar-refractivity contribution in [1.29, 1.82) is 0 Å². The van der Waals surface area contributed by atoms with E-state index in [1.165, 1.54) is 12.8 Å². The average Bonchev–Trinajstić information content (AvgIpc) is 2.32. The van der Waals surface area contributed by atoms with Gasteiger partial charge in [-0.25, -0.2) is 0 Å². The average molecular weight is 270 g/mol. The van der Waals surface area contributed by atoms with Crippen molar-refractivity contribution in [3.05, 3.63) is 28.8 Å². The van der Waals surface area contributed by atoms with Gasteiger partial charge in [-0.2, -0.15) is 0 Å². The van der Waals surface area contributed by atoms with E-state index in [4.69, 9.17) is 16.3 Å². The number of hydrogen-bond donors (Lipinski definition) is 1. The van der Waals surface area contributed by atoms with Gasteiger partial charge >= 0.3 is 0 Å². The quantitative estimate of drug-likeness (QED) is 0.719. The van der Waals surface area contributed by atoms with E-state index in [0.29, 0.717) is 6.61 Å². The Bertz CT molecular complexity index is 352. The van der Waals surface area contributed by atoms with Gasteiger partial charge in [-0.1, -0.05) is 31.5 Å². The normalized spacial score (nSPS) is 10.9. The zero-order valence-electron chi connectivity index (χ0n) is 11.6. The van der Waals surface area contributed by atoms with Gasteiger partial charge in [0.1, 0.15) is 12.4 Å². The molecule has 0 atom stereocenters. The number of hydrogen-bond acceptors (Lipinski definition) is 2. The lowest BCUT2D eigenvalue weighted by Crippen LogP contribution is -2.22. The summed E-state index contributed by atoms with van der Waals surface area (Å²) < 4.78 is 5.70. The maximum absolute atomic E-state index is 5.93. The number of aryl methyl sites for hydroxylation is 1. The Morgan fingerprint density at radius 2 is 2.06 bits per heavy atom. The Morgan fingerprint density at radius 1 is 1.28 bits per heavy atom. The zero-order valence-corrected chi connectivity index (χ0v) is 12.4. The van der Waals surface area contributed by atoms with Gasteiger partial charge in [0.05, 0.1) is 0 Å². The molecule has 18 heavy (non-hydrogen) atoms. The summed E-state index contributed by atoms with van der Waals surface area (Å²) >= 11 is 5.93. The van der Waals surface area contributed by atoms with E-state index in [9.17, 15) is 0 Å². The van der Waals surface area contributed by atoms with Gasteiger partial charge < -0.3 is 10.1 Å². The van der Waals surface area contributed by atoms with Crippen LogP contribution in [-0.2, 0) is 0 Å². The van der Waals surface area contributed by atoms with Crippen molar-refractivity contribution in [2.24, 2.45) is 5.92 Å². The Balaban J connectivity index is 2.12. The van der Waals surface area contributed by atoms with Crippen LogP contribution in [0.3, 0.4) is 0 Å². The number of ether oxygens (including phenoxy) is 1. The monoisotopic (exact) mass is 269 g/mol. The van der Waals surface area contributed by atoms with E-state index in [1.807, 2.05) is 25.1 Å². The van der Waals surface area contributed by atoms with Gasteiger partial charge in [-0.05, 0) is 49.9 Å². The molecule has 0 bridgehead atoms. The molecule has 0 heterocycles. The molecule has 0 saturated carbocycles. The van der Waals surface area contributed by atoms with Crippen LogP contribution in [0, 0.1) is 12.8 Å². The van der Waals surface area contributed by atoms with Gasteiger partial charge in [-0.15, -0.1) is 0 Å². The van der Waals surface area contributed by atoms with Gasteiger partial charge in [-0.3, -0.25) is 0 Å². The van der Waals surface area contributed by atoms with E-state index in [0.717, 1.165) is 35.3 Å². The van der Waals surface area contributed by atoms with Crippen LogP contribution in [0.2, 0.25) is 5.02 Å². The molecule has 2 nitrogen and oxygen atoms in total. The maximum Gasteiger partial charge on any atom is 0.123 e. The van der Waals surface area contributed by atoms with Gasteiger partial charge in [0, 0.05) is 11.6 Å². The van der Waals surface area contributed by atoms with E-state index >= 15 is 0 Å². The highest BCUT2D eigenvalue weighted by Crippen LogP contribution is 2.22. The van der Waals surface area contributed by atoms with Crippen LogP contribution in [0.4, 0.5) is 0 Å². The van der Waals surface area contributed by atoms with E-state index < -0.39 is 0 Å². The van der Waals surface area contributed by atoms with Gasteiger partial charge in [0.25, 0.3) is 0 Å². The first-order chi connectivity index (χ1) is 8.59. The SMILES string of the molecule is Cc1ccc(Cl)cc1OCCNCCCC(C)C. The van der Waals surface area contributed by atoms with E-state index in [2.05, 4.69) is 19.2 Å². The minimum atomic E-state index is 0.683. The van der Waals surface area contributed by atoms with Crippen LogP contribution in [0.25, 0.3) is 0 Å². The second-order valence-corrected chi connectivity index (χ2v) is 5.48. The minimum Gasteiger partial charge on any atom is -0.492 e. The first-order valence-electron chi connectivity index (χ1n) is 6.69. The van der Waals surface area contributed by atoms with Crippen molar-refractivity contribution in [3.63, 3.8) is 0 Å². The fraction of sp³-hybridized carbons (Fsp3) is 0.600. The van der Waals surface area contributed by atoms with Crippen molar-refractivity contribution in [2.45, 2.75) is 33.6 Å². The predicted octanol–water partition coefficient (Wildman–Crippen LogP) is 4.05. The molecule has 1 aromatic carbocycles. The van der Waals surface area contributed by atoms with Crippen LogP contribution in [0.1, 0.15) is 32.3 Å². The molecule has 0 saturated heterocycles. The highest BCUT2D eigenvalue weighted by molar-refractivity contribution is 6.30. The number of halogens is 1. The van der Waals surface area contributed by atoms with Crippen LogP contribution in [-0.4, -0.2) is 19.7 Å². The van der Waals surface area contributed by atoms with Crippen LogP contribution in [0.5, 0.6) is 5.75 Å². The van der Waals surface area contributed by atoms with E-state index in [-0.39, 0.29) is 0 Å². The fourth-order valence-electron chi connectivity index (χ4n) is 1.72. The highest BCUT2D eigenvalue weighted by atomic mass is 35.5. The molecule has 102 valence electrons. The molecule has 1 N–H and O–H groups in total. The molecule has 0 spiro atoms. The summed E-state index contributed by atoms with van der Waals surface area (Å²) in [6.45, 7) is 9.17. The molecule has 0 aliphatic carbocycles. The third kappa shape index (κ3) is 6.27. The third-order valence-corrected chi connectivity index (χ3v) is 3.06. The molecule has 1 rings (SSSR count). The third-order valence-electron chi connectivity index (χ3n) is 2.82. The van der Waals surface area contributed by atoms with E-state index in [1.54, 1.807) is 0 Å². The molecule has 0 aromatic heterocycles. The first kappa shape index (κ1) is 15.3. The molecule has 0 unspecified atom stereocenters. The van der Waals surface area contributed by atoms with Gasteiger partial charge in [0.15, 0.2) is 0 Å². The van der Waals surface area contributed by atoms with Gasteiger partial charge in [0.2, 0.25) is 0 Å². The summed E-state index contributed by atoms with van der Waals surface area (Å²) in [6, 6.07) is 5.73. The zero-order chi connectivity index (χ0) is 13.4. The highest BCUT2D eigenvalue weighted by Gasteiger charge is 2.00. The fourth-order valence-corrected chi connectivity index (χ4v) is 1.88. The Hall–Kier alpha value is -0.730. The van der Waals surface area contributed by atoms with Crippen molar-refractivity contribution in [3.8, 4) is 5.75 Å². The summed E-state index contributed by atoms with van der Waals surface area (Å²) in [6.07, 6.45) is 2.51. The number of benzene rings is 1. The molecular weight excluding hydrogens is 246 g/mol. The molecular formula is C15H24ClNO. The Kier molecular flexibility index (Phi) is 7.14. The van der Waals surface area contributed by atoms with Crippen molar-refractivity contribution < 1.29 is 4.74 Å². The summed E-state index contributed by atoms with van der Waals surface area (Å²) in [7, 11) is 0. The summed E-state index contributed by atoms with van der Waals surface area (Å²) in [5, 5.41) is 4.11. The minimum absolute atomic E-state index is 0.683. The molecule has 1 aromatic rings. The summed E-state index contributed by atoms with van der Waals surface area (Å²) in [5.74, 6) is 1.67. The summed E-state index contributed by atoms with van der Waals surface area (Å²) in [5.41, 5.74) is 1.12. The maximum atomic E-state index is 5.93. The van der Waals surface area contributed by atoms with Crippen molar-refractivity contribution >= 4 is 11.6 Å². The van der Waals surface area contributed by atoms with Crippen LogP contribution < -0.4 is 10.1 Å². The first-order valence-corrected chi connectivity index (χ1v) is 7.07. The summed E-state index contributed by atoms with van der Waals surface area (Å²) in [4.78, 5) is 0. The molecule has 3 heteroatoms. The second-order valence-electron chi connectivity index (χ2n) is 5.04. The Morgan fingerprint density at radius 3 is 2.78 bits per heavy atom. The lowest BCUT2D eigenvalue weighted by molar-refractivity contribution is 0.311. The topological polar surface area (TPSA) is 21.3 Å². The number of nitrogens with one attached hydrogen (secondary N) is 1. The van der Waals surface area contributed by atoms with Crippen LogP contribution in [0.15, 0.2) is 18.2 Å². The molecule has 0 radical (unpaired) electrons. The molecule has 0 aliphatic heterocycles. The lowest BCUT2D eigenvalue weighted by atomic mass is 10.1.